The van der Waals surface area contributed by atoms with Crippen LogP contribution in [0.1, 0.15) is 43.0 Å². The molecule has 15 heavy (non-hydrogen) atoms. The largest absolute Gasteiger partial charge is 0.316 e. The van der Waals surface area contributed by atoms with E-state index in [1.54, 1.807) is 10.4 Å². The molecule has 0 amide bonds. The number of hydrogen-bond acceptors (Lipinski definition) is 2. The molecule has 2 heterocycles. The summed E-state index contributed by atoms with van der Waals surface area (Å²) in [6.07, 6.45) is 1.21. The number of aryl methyl sites for hydroxylation is 1. The molecule has 2 heteroatoms. The van der Waals surface area contributed by atoms with Crippen LogP contribution in [-0.4, -0.2) is 13.1 Å². The summed E-state index contributed by atoms with van der Waals surface area (Å²) in [6, 6.07) is 2.37. The van der Waals surface area contributed by atoms with E-state index in [1.807, 2.05) is 25.2 Å². The maximum Gasteiger partial charge on any atom is 0.00986 e. The van der Waals surface area contributed by atoms with E-state index in [0.29, 0.717) is 5.41 Å². The quantitative estimate of drug-likeness (QED) is 0.712. The minimum absolute atomic E-state index is 0.316. The third-order valence-corrected chi connectivity index (χ3v) is 3.87. The van der Waals surface area contributed by atoms with Crippen molar-refractivity contribution < 1.29 is 0 Å². The molecule has 0 unspecified atom stereocenters. The van der Waals surface area contributed by atoms with Crippen LogP contribution in [0.4, 0.5) is 0 Å². The molecule has 0 spiro atoms. The van der Waals surface area contributed by atoms with Gasteiger partial charge in [-0.2, -0.15) is 0 Å². The highest BCUT2D eigenvalue weighted by atomic mass is 32.1. The zero-order valence-corrected chi connectivity index (χ0v) is 11.4. The van der Waals surface area contributed by atoms with Crippen LogP contribution >= 0.6 is 11.3 Å². The van der Waals surface area contributed by atoms with Crippen LogP contribution < -0.4 is 5.32 Å². The molecule has 0 saturated heterocycles. The van der Waals surface area contributed by atoms with Crippen LogP contribution in [0.2, 0.25) is 0 Å². The fraction of sp³-hybridized carbons (Fsp3) is 0.692. The van der Waals surface area contributed by atoms with Gasteiger partial charge in [-0.15, -0.1) is 11.3 Å². The Morgan fingerprint density at radius 2 is 2.00 bits per heavy atom. The predicted molar refractivity (Wildman–Crippen MR) is 70.0 cm³/mol. The Hall–Kier alpha value is -0.340. The SMILES string of the molecule is CC.Cc1cc2c(s1)CCNCC2(C)C. The molecule has 0 fully saturated rings. The first-order valence-corrected chi connectivity index (χ1v) is 6.72. The van der Waals surface area contributed by atoms with E-state index in [2.05, 4.69) is 32.2 Å². The highest BCUT2D eigenvalue weighted by molar-refractivity contribution is 7.12. The van der Waals surface area contributed by atoms with Gasteiger partial charge in [-0.3, -0.25) is 0 Å². The van der Waals surface area contributed by atoms with Crippen molar-refractivity contribution in [1.82, 2.24) is 5.32 Å². The zero-order chi connectivity index (χ0) is 11.5. The van der Waals surface area contributed by atoms with E-state index < -0.39 is 0 Å². The molecule has 1 aromatic rings. The van der Waals surface area contributed by atoms with Gasteiger partial charge in [0.25, 0.3) is 0 Å². The summed E-state index contributed by atoms with van der Waals surface area (Å²) in [4.78, 5) is 3.05. The number of fused-ring (bicyclic) bond motifs is 1. The van der Waals surface area contributed by atoms with Crippen molar-refractivity contribution in [2.24, 2.45) is 0 Å². The van der Waals surface area contributed by atoms with Crippen molar-refractivity contribution in [2.45, 2.75) is 46.5 Å². The average molecular weight is 225 g/mol. The van der Waals surface area contributed by atoms with Gasteiger partial charge >= 0.3 is 0 Å². The standard InChI is InChI=1S/C11H17NS.C2H6/c1-8-6-9-10(13-8)4-5-12-7-11(9,2)3;1-2/h6,12H,4-5,7H2,1-3H3;1-2H3. The topological polar surface area (TPSA) is 12.0 Å². The molecule has 1 aliphatic rings. The lowest BCUT2D eigenvalue weighted by atomic mass is 9.85. The summed E-state index contributed by atoms with van der Waals surface area (Å²) in [6.45, 7) is 13.1. The van der Waals surface area contributed by atoms with E-state index >= 15 is 0 Å². The molecule has 0 bridgehead atoms. The van der Waals surface area contributed by atoms with Gasteiger partial charge < -0.3 is 5.32 Å². The summed E-state index contributed by atoms with van der Waals surface area (Å²) in [7, 11) is 0. The molecule has 1 aromatic heterocycles. The molecule has 1 aliphatic heterocycles. The van der Waals surface area contributed by atoms with Gasteiger partial charge in [0, 0.05) is 21.7 Å². The molecular formula is C13H23NS. The Morgan fingerprint density at radius 1 is 1.33 bits per heavy atom. The van der Waals surface area contributed by atoms with Crippen molar-refractivity contribution in [3.05, 3.63) is 21.4 Å². The Kier molecular flexibility index (Phi) is 4.35. The average Bonchev–Trinajstić information content (AvgIpc) is 2.53. The van der Waals surface area contributed by atoms with Crippen LogP contribution in [0.3, 0.4) is 0 Å². The van der Waals surface area contributed by atoms with Crippen molar-refractivity contribution in [2.75, 3.05) is 13.1 Å². The zero-order valence-electron chi connectivity index (χ0n) is 10.6. The third-order valence-electron chi connectivity index (χ3n) is 2.76. The minimum atomic E-state index is 0.316. The van der Waals surface area contributed by atoms with Gasteiger partial charge in [-0.25, -0.2) is 0 Å². The van der Waals surface area contributed by atoms with Gasteiger partial charge in [-0.05, 0) is 31.5 Å². The van der Waals surface area contributed by atoms with Gasteiger partial charge in [-0.1, -0.05) is 27.7 Å². The minimum Gasteiger partial charge on any atom is -0.316 e. The molecule has 0 aliphatic carbocycles. The highest BCUT2D eigenvalue weighted by Crippen LogP contribution is 2.33. The maximum atomic E-state index is 3.50. The first-order chi connectivity index (χ1) is 7.09. The second kappa shape index (κ2) is 5.13. The van der Waals surface area contributed by atoms with Crippen molar-refractivity contribution in [3.8, 4) is 0 Å². The molecule has 1 nitrogen and oxygen atoms in total. The van der Waals surface area contributed by atoms with Crippen LogP contribution in [0.15, 0.2) is 6.07 Å². The lowest BCUT2D eigenvalue weighted by Crippen LogP contribution is -2.31. The van der Waals surface area contributed by atoms with Crippen LogP contribution in [0.5, 0.6) is 0 Å². The molecular weight excluding hydrogens is 202 g/mol. The second-order valence-electron chi connectivity index (χ2n) is 4.50. The summed E-state index contributed by atoms with van der Waals surface area (Å²) in [5.41, 5.74) is 1.89. The first kappa shape index (κ1) is 12.7. The predicted octanol–water partition coefficient (Wildman–Crippen LogP) is 3.51. The maximum absolute atomic E-state index is 3.50. The summed E-state index contributed by atoms with van der Waals surface area (Å²) in [5.74, 6) is 0. The fourth-order valence-electron chi connectivity index (χ4n) is 2.02. The van der Waals surface area contributed by atoms with E-state index in [9.17, 15) is 0 Å². The van der Waals surface area contributed by atoms with Crippen molar-refractivity contribution in [3.63, 3.8) is 0 Å². The Morgan fingerprint density at radius 3 is 2.67 bits per heavy atom. The third kappa shape index (κ3) is 2.82. The van der Waals surface area contributed by atoms with E-state index in [0.717, 1.165) is 13.1 Å². The smallest absolute Gasteiger partial charge is 0.00986 e. The molecule has 0 atom stereocenters. The van der Waals surface area contributed by atoms with Crippen molar-refractivity contribution in [1.29, 1.82) is 0 Å². The number of hydrogen-bond donors (Lipinski definition) is 1. The molecule has 0 saturated carbocycles. The van der Waals surface area contributed by atoms with Crippen LogP contribution in [-0.2, 0) is 11.8 Å². The normalized spacial score (nSPS) is 18.5. The van der Waals surface area contributed by atoms with Crippen LogP contribution in [0.25, 0.3) is 0 Å². The highest BCUT2D eigenvalue weighted by Gasteiger charge is 2.26. The first-order valence-electron chi connectivity index (χ1n) is 5.90. The van der Waals surface area contributed by atoms with Crippen LogP contribution in [0, 0.1) is 6.92 Å². The van der Waals surface area contributed by atoms with Gasteiger partial charge in [0.2, 0.25) is 0 Å². The number of rotatable bonds is 0. The Balaban J connectivity index is 0.000000531. The van der Waals surface area contributed by atoms with Gasteiger partial charge in [0.15, 0.2) is 0 Å². The number of nitrogens with one attached hydrogen (secondary N) is 1. The van der Waals surface area contributed by atoms with E-state index in [4.69, 9.17) is 0 Å². The molecule has 1 N–H and O–H groups in total. The molecule has 86 valence electrons. The number of thiophene rings is 1. The van der Waals surface area contributed by atoms with Gasteiger partial charge in [0.05, 0.1) is 0 Å². The monoisotopic (exact) mass is 225 g/mol. The van der Waals surface area contributed by atoms with Crippen molar-refractivity contribution >= 4 is 11.3 Å². The lowest BCUT2D eigenvalue weighted by molar-refractivity contribution is 0.489. The summed E-state index contributed by atoms with van der Waals surface area (Å²) < 4.78 is 0. The summed E-state index contributed by atoms with van der Waals surface area (Å²) >= 11 is 1.97. The van der Waals surface area contributed by atoms with E-state index in [1.165, 1.54) is 11.3 Å². The molecule has 0 radical (unpaired) electrons. The van der Waals surface area contributed by atoms with E-state index in [-0.39, 0.29) is 0 Å². The Labute approximate surface area is 97.9 Å². The summed E-state index contributed by atoms with van der Waals surface area (Å²) in [5, 5.41) is 3.50. The fourth-order valence-corrected chi connectivity index (χ4v) is 3.23. The molecule has 0 aromatic carbocycles. The Bertz CT molecular complexity index is 312. The second-order valence-corrected chi connectivity index (χ2v) is 5.85. The lowest BCUT2D eigenvalue weighted by Gasteiger charge is -2.23. The van der Waals surface area contributed by atoms with Gasteiger partial charge in [0.1, 0.15) is 0 Å². The molecule has 2 rings (SSSR count).